The molecule has 12 nitrogen and oxygen atoms in total. The summed E-state index contributed by atoms with van der Waals surface area (Å²) < 4.78 is 1.33. The van der Waals surface area contributed by atoms with Gasteiger partial charge in [0.25, 0.3) is 5.91 Å². The van der Waals surface area contributed by atoms with Crippen LogP contribution in [0.4, 0.5) is 0 Å². The van der Waals surface area contributed by atoms with Crippen molar-refractivity contribution >= 4 is 58.6 Å². The van der Waals surface area contributed by atoms with Gasteiger partial charge in [-0.3, -0.25) is 14.5 Å². The first-order chi connectivity index (χ1) is 15.3. The van der Waals surface area contributed by atoms with Crippen LogP contribution in [-0.2, 0) is 20.9 Å². The van der Waals surface area contributed by atoms with Gasteiger partial charge >= 0.3 is 11.9 Å². The molecule has 15 heteroatoms. The van der Waals surface area contributed by atoms with Gasteiger partial charge in [-0.05, 0) is 16.0 Å². The zero-order chi connectivity index (χ0) is 23.0. The molecule has 3 aliphatic rings. The second-order valence-electron chi connectivity index (χ2n) is 6.85. The number of hydrogen-bond donors (Lipinski definition) is 3. The molecule has 1 aromatic rings. The summed E-state index contributed by atoms with van der Waals surface area (Å²) in [6, 6.07) is 1.22. The fourth-order valence-corrected chi connectivity index (χ4v) is 5.78. The van der Waals surface area contributed by atoms with Crippen molar-refractivity contribution in [3.05, 3.63) is 11.3 Å². The van der Waals surface area contributed by atoms with Crippen LogP contribution in [0.5, 0.6) is 0 Å². The number of carboxylic acids is 2. The number of fused-ring (bicyclic) bond motifs is 1. The first-order valence-corrected chi connectivity index (χ1v) is 11.5. The molecule has 1 aliphatic carbocycles. The van der Waals surface area contributed by atoms with Gasteiger partial charge in [-0.1, -0.05) is 35.8 Å². The lowest BCUT2D eigenvalue weighted by molar-refractivity contribution is -0.148. The summed E-state index contributed by atoms with van der Waals surface area (Å²) in [4.78, 5) is 36.8. The molecule has 3 N–H and O–H groups in total. The lowest BCUT2D eigenvalue weighted by Gasteiger charge is -2.50. The van der Waals surface area contributed by atoms with E-state index in [0.29, 0.717) is 16.5 Å². The zero-order valence-corrected chi connectivity index (χ0v) is 18.5. The molecule has 1 amide bonds. The highest BCUT2D eigenvalue weighted by Gasteiger charge is 2.55. The number of tetrazole rings is 1. The van der Waals surface area contributed by atoms with E-state index in [1.807, 2.05) is 6.07 Å². The number of aromatic nitrogens is 4. The Balaban J connectivity index is 1.45. The molecule has 1 aromatic heterocycles. The smallest absolute Gasteiger partial charge is 0.352 e. The quantitative estimate of drug-likeness (QED) is 0.171. The van der Waals surface area contributed by atoms with Crippen molar-refractivity contribution in [2.45, 2.75) is 29.5 Å². The number of carbonyl (C=O) groups excluding carboxylic acids is 1. The molecule has 1 fully saturated rings. The summed E-state index contributed by atoms with van der Waals surface area (Å²) in [7, 11) is 0. The van der Waals surface area contributed by atoms with Crippen LogP contribution in [0.25, 0.3) is 0 Å². The summed E-state index contributed by atoms with van der Waals surface area (Å²) >= 11 is 7.73. The van der Waals surface area contributed by atoms with Crippen LogP contribution in [0.2, 0.25) is 0 Å². The normalized spacial score (nSPS) is 22.1. The van der Waals surface area contributed by atoms with Crippen LogP contribution in [0.1, 0.15) is 6.42 Å². The lowest BCUT2D eigenvalue weighted by Crippen LogP contribution is -2.71. The highest BCUT2D eigenvalue weighted by Crippen LogP contribution is 2.42. The SMILES string of the molecule is N#CC1(C(=S)NC2C(=O)N3C(C(=O)O)=C(CSc4nnnn4CCC(=O)O)CS[C@@H]23)C#C1. The predicted octanol–water partition coefficient (Wildman–Crippen LogP) is -0.694. The Morgan fingerprint density at radius 2 is 2.19 bits per heavy atom. The molecule has 164 valence electrons. The molecule has 1 unspecified atom stereocenters. The molecule has 0 saturated carbocycles. The van der Waals surface area contributed by atoms with Crippen molar-refractivity contribution in [3.63, 3.8) is 0 Å². The number of hydrogen-bond acceptors (Lipinski definition) is 10. The third-order valence-corrected chi connectivity index (χ3v) is 7.64. The molecule has 0 spiro atoms. The van der Waals surface area contributed by atoms with E-state index in [9.17, 15) is 19.5 Å². The molecule has 0 bridgehead atoms. The number of carbonyl (C=O) groups is 3. The highest BCUT2D eigenvalue weighted by atomic mass is 32.2. The van der Waals surface area contributed by atoms with E-state index >= 15 is 0 Å². The van der Waals surface area contributed by atoms with Crippen molar-refractivity contribution in [3.8, 4) is 17.9 Å². The maximum absolute atomic E-state index is 12.7. The van der Waals surface area contributed by atoms with Gasteiger partial charge < -0.3 is 15.5 Å². The van der Waals surface area contributed by atoms with Crippen molar-refractivity contribution < 1.29 is 24.6 Å². The predicted molar refractivity (Wildman–Crippen MR) is 114 cm³/mol. The van der Waals surface area contributed by atoms with Crippen molar-refractivity contribution in [1.29, 1.82) is 5.26 Å². The van der Waals surface area contributed by atoms with E-state index < -0.39 is 34.7 Å². The van der Waals surface area contributed by atoms with Gasteiger partial charge in [-0.15, -0.1) is 16.9 Å². The van der Waals surface area contributed by atoms with Crippen LogP contribution in [0.15, 0.2) is 16.4 Å². The van der Waals surface area contributed by atoms with E-state index in [2.05, 4.69) is 32.7 Å². The maximum atomic E-state index is 12.7. The number of nitrogens with zero attached hydrogens (tertiary/aromatic N) is 6. The molecular formula is C17H13N7O5S3. The van der Waals surface area contributed by atoms with E-state index in [1.165, 1.54) is 21.3 Å². The standard InChI is InChI=1S/C17H13N7O5S3/c18-7-17(2-3-17)15(30)19-10-12(27)24-11(14(28)29)8(5-31-13(10)24)6-32-16-20-21-22-23(16)4-1-9(25)26/h10,13H,1,4-6H2,(H,19,30)(H,25,26)(H,28,29)/t10?,13-/m0/s1. The number of β-lactam (4-membered cyclic amide) rings is 1. The number of nitrogens with one attached hydrogen (secondary N) is 1. The van der Waals surface area contributed by atoms with E-state index in [1.54, 1.807) is 0 Å². The Morgan fingerprint density at radius 3 is 2.81 bits per heavy atom. The van der Waals surface area contributed by atoms with Crippen molar-refractivity contribution in [1.82, 2.24) is 30.4 Å². The van der Waals surface area contributed by atoms with E-state index in [4.69, 9.17) is 22.6 Å². The van der Waals surface area contributed by atoms with Gasteiger partial charge in [0.05, 0.1) is 13.0 Å². The van der Waals surface area contributed by atoms with Crippen LogP contribution < -0.4 is 5.32 Å². The first-order valence-electron chi connectivity index (χ1n) is 9.04. The number of aryl methyl sites for hydroxylation is 1. The number of thioether (sulfide) groups is 2. The number of nitriles is 1. The third-order valence-electron chi connectivity index (χ3n) is 4.83. The van der Waals surface area contributed by atoms with Crippen LogP contribution in [-0.4, -0.2) is 81.1 Å². The molecule has 0 radical (unpaired) electrons. The fourth-order valence-electron chi connectivity index (χ4n) is 3.12. The van der Waals surface area contributed by atoms with Crippen LogP contribution in [0.3, 0.4) is 0 Å². The van der Waals surface area contributed by atoms with Gasteiger partial charge in [0.1, 0.15) is 28.2 Å². The van der Waals surface area contributed by atoms with Gasteiger partial charge in [0.15, 0.2) is 0 Å². The largest absolute Gasteiger partial charge is 0.481 e. The Hall–Kier alpha value is -3.14. The molecule has 0 aromatic carbocycles. The lowest BCUT2D eigenvalue weighted by atomic mass is 10.00. The second-order valence-corrected chi connectivity index (χ2v) is 9.30. The van der Waals surface area contributed by atoms with Gasteiger partial charge in [-0.25, -0.2) is 9.48 Å². The summed E-state index contributed by atoms with van der Waals surface area (Å²) in [5.74, 6) is 3.12. The number of aliphatic carboxylic acids is 2. The molecule has 3 heterocycles. The van der Waals surface area contributed by atoms with Crippen molar-refractivity contribution in [2.75, 3.05) is 11.5 Å². The molecule has 2 atom stereocenters. The first kappa shape index (κ1) is 22.1. The topological polar surface area (TPSA) is 174 Å². The van der Waals surface area contributed by atoms with Gasteiger partial charge in [0.2, 0.25) is 10.6 Å². The maximum Gasteiger partial charge on any atom is 0.352 e. The number of carboxylic acid groups (broad SMARTS) is 2. The van der Waals surface area contributed by atoms with E-state index in [0.717, 1.165) is 11.8 Å². The van der Waals surface area contributed by atoms with E-state index in [-0.39, 0.29) is 29.4 Å². The van der Waals surface area contributed by atoms with Crippen LogP contribution >= 0.6 is 35.7 Å². The summed E-state index contributed by atoms with van der Waals surface area (Å²) in [6.45, 7) is 0.0814. The summed E-state index contributed by atoms with van der Waals surface area (Å²) in [5.41, 5.74) is -0.782. The second kappa shape index (κ2) is 8.42. The Kier molecular flexibility index (Phi) is 5.81. The minimum absolute atomic E-state index is 0.0814. The average Bonchev–Trinajstić information content (AvgIpc) is 3.45. The average molecular weight is 492 g/mol. The fraction of sp³-hybridized carbons (Fsp3) is 0.412. The van der Waals surface area contributed by atoms with Gasteiger partial charge in [-0.2, -0.15) is 5.26 Å². The molecule has 1 saturated heterocycles. The monoisotopic (exact) mass is 491 g/mol. The number of thiocarbonyl (C=S) groups is 1. The highest BCUT2D eigenvalue weighted by molar-refractivity contribution is 8.01. The van der Waals surface area contributed by atoms with Gasteiger partial charge in [0, 0.05) is 11.5 Å². The minimum Gasteiger partial charge on any atom is -0.481 e. The Morgan fingerprint density at radius 1 is 1.44 bits per heavy atom. The molecular weight excluding hydrogens is 478 g/mol. The van der Waals surface area contributed by atoms with Crippen molar-refractivity contribution in [2.24, 2.45) is 5.41 Å². The van der Waals surface area contributed by atoms with Crippen LogP contribution in [0, 0.1) is 28.6 Å². The Bertz CT molecular complexity index is 1170. The minimum atomic E-state index is -1.23. The summed E-state index contributed by atoms with van der Waals surface area (Å²) in [6.07, 6.45) is -0.157. The number of rotatable bonds is 9. The number of amides is 1. The summed E-state index contributed by atoms with van der Waals surface area (Å²) in [5, 5.41) is 41.6. The zero-order valence-electron chi connectivity index (χ0n) is 16.0. The molecule has 32 heavy (non-hydrogen) atoms. The third kappa shape index (κ3) is 3.90. The Labute approximate surface area is 194 Å². The molecule has 4 rings (SSSR count). The molecule has 2 aliphatic heterocycles.